The van der Waals surface area contributed by atoms with Crippen LogP contribution in [0.4, 0.5) is 5.82 Å². The predicted octanol–water partition coefficient (Wildman–Crippen LogP) is 6.52. The molecule has 0 aliphatic carbocycles. The number of nitrogens with one attached hydrogen (secondary N) is 3. The summed E-state index contributed by atoms with van der Waals surface area (Å²) in [6, 6.07) is 31.5. The van der Waals surface area contributed by atoms with E-state index in [1.54, 1.807) is 24.6 Å². The van der Waals surface area contributed by atoms with Crippen molar-refractivity contribution in [2.45, 2.75) is 26.7 Å². The summed E-state index contributed by atoms with van der Waals surface area (Å²) < 4.78 is 0. The number of nitrogens with zero attached hydrogens (tertiary/aromatic N) is 3. The van der Waals surface area contributed by atoms with Crippen LogP contribution in [0.25, 0.3) is 21.5 Å². The van der Waals surface area contributed by atoms with E-state index in [-0.39, 0.29) is 11.8 Å². The summed E-state index contributed by atoms with van der Waals surface area (Å²) in [5.41, 5.74) is 7.29. The molecule has 0 saturated heterocycles. The zero-order valence-corrected chi connectivity index (χ0v) is 23.7. The summed E-state index contributed by atoms with van der Waals surface area (Å²) in [5, 5.41) is 15.8. The molecule has 0 saturated carbocycles. The highest BCUT2D eigenvalue weighted by Gasteiger charge is 2.06. The van der Waals surface area contributed by atoms with Crippen molar-refractivity contribution in [2.75, 3.05) is 11.9 Å². The maximum absolute atomic E-state index is 12.4. The van der Waals surface area contributed by atoms with Gasteiger partial charge in [0.15, 0.2) is 0 Å². The number of rotatable bonds is 10. The number of benzene rings is 4. The number of pyridine rings is 1. The van der Waals surface area contributed by atoms with Crippen molar-refractivity contribution in [1.29, 1.82) is 0 Å². The van der Waals surface area contributed by atoms with Gasteiger partial charge in [-0.25, -0.2) is 15.8 Å². The fourth-order valence-corrected chi connectivity index (χ4v) is 4.14. The largest absolute Gasteiger partial charge is 0.370 e. The number of hydrogen-bond donors (Lipinski definition) is 3. The van der Waals surface area contributed by atoms with Gasteiger partial charge < -0.3 is 5.32 Å². The van der Waals surface area contributed by atoms with Gasteiger partial charge in [0.2, 0.25) is 5.91 Å². The number of anilines is 1. The minimum Gasteiger partial charge on any atom is -0.370 e. The first-order chi connectivity index (χ1) is 20.6. The van der Waals surface area contributed by atoms with Crippen LogP contribution in [0.1, 0.15) is 48.2 Å². The second-order valence-corrected chi connectivity index (χ2v) is 9.17. The fourth-order valence-electron chi connectivity index (χ4n) is 4.14. The lowest BCUT2D eigenvalue weighted by molar-refractivity contribution is -0.121. The smallest absolute Gasteiger partial charge is 0.272 e. The van der Waals surface area contributed by atoms with Gasteiger partial charge in [-0.2, -0.15) is 10.2 Å². The average molecular weight is 559 g/mol. The van der Waals surface area contributed by atoms with Gasteiger partial charge in [0.1, 0.15) is 5.82 Å². The number of carbonyl (C=O) groups is 2. The van der Waals surface area contributed by atoms with Crippen LogP contribution < -0.4 is 16.2 Å². The van der Waals surface area contributed by atoms with Gasteiger partial charge in [0.25, 0.3) is 5.91 Å². The predicted molar refractivity (Wildman–Crippen MR) is 172 cm³/mol. The molecule has 1 aromatic heterocycles. The first-order valence-electron chi connectivity index (χ1n) is 14.0. The normalized spacial score (nSPS) is 10.9. The summed E-state index contributed by atoms with van der Waals surface area (Å²) in [6.45, 7) is 4.55. The maximum atomic E-state index is 12.4. The van der Waals surface area contributed by atoms with Gasteiger partial charge in [-0.15, -0.1) is 0 Å². The third kappa shape index (κ3) is 8.56. The first-order valence-corrected chi connectivity index (χ1v) is 14.0. The minimum atomic E-state index is -0.350. The molecule has 2 amide bonds. The van der Waals surface area contributed by atoms with Crippen molar-refractivity contribution < 1.29 is 9.59 Å². The third-order valence-corrected chi connectivity index (χ3v) is 6.24. The Morgan fingerprint density at radius 2 is 1.29 bits per heavy atom. The minimum absolute atomic E-state index is 0.164. The molecule has 0 spiro atoms. The van der Waals surface area contributed by atoms with Crippen molar-refractivity contribution in [1.82, 2.24) is 15.8 Å². The molecule has 0 aliphatic heterocycles. The van der Waals surface area contributed by atoms with E-state index in [9.17, 15) is 9.59 Å². The second-order valence-electron chi connectivity index (χ2n) is 9.17. The Bertz CT molecular complexity index is 1700. The van der Waals surface area contributed by atoms with E-state index < -0.39 is 0 Å². The van der Waals surface area contributed by atoms with Crippen LogP contribution in [0.3, 0.4) is 0 Å². The number of fused-ring (bicyclic) bond motifs is 2. The molecule has 3 N–H and O–H groups in total. The van der Waals surface area contributed by atoms with Gasteiger partial charge in [-0.3, -0.25) is 9.59 Å². The molecule has 0 aliphatic rings. The summed E-state index contributed by atoms with van der Waals surface area (Å²) in [7, 11) is 0. The first kappa shape index (κ1) is 29.6. The Kier molecular flexibility index (Phi) is 10.9. The molecule has 5 rings (SSSR count). The SMILES string of the molecule is CC.O=C(CCCNc1ccc(C(=O)N/N=C/c2ccc3ccccc3c2)cn1)N/N=C/c1ccc2ccccc2c1. The van der Waals surface area contributed by atoms with Crippen LogP contribution in [0, 0.1) is 0 Å². The molecule has 212 valence electrons. The molecule has 42 heavy (non-hydrogen) atoms. The van der Waals surface area contributed by atoms with Crippen LogP contribution in [0.15, 0.2) is 113 Å². The van der Waals surface area contributed by atoms with E-state index in [1.165, 1.54) is 6.20 Å². The van der Waals surface area contributed by atoms with Gasteiger partial charge in [-0.05, 0) is 63.4 Å². The number of amides is 2. The molecule has 8 heteroatoms. The van der Waals surface area contributed by atoms with Crippen molar-refractivity contribution in [3.63, 3.8) is 0 Å². The van der Waals surface area contributed by atoms with Crippen LogP contribution in [0.5, 0.6) is 0 Å². The van der Waals surface area contributed by atoms with E-state index in [1.807, 2.05) is 92.7 Å². The van der Waals surface area contributed by atoms with E-state index in [4.69, 9.17) is 0 Å². The zero-order chi connectivity index (χ0) is 29.6. The molecule has 1 heterocycles. The Morgan fingerprint density at radius 3 is 1.86 bits per heavy atom. The average Bonchev–Trinajstić information content (AvgIpc) is 3.04. The molecule has 4 aromatic carbocycles. The third-order valence-electron chi connectivity index (χ3n) is 6.24. The molecule has 0 unspecified atom stereocenters. The zero-order valence-electron chi connectivity index (χ0n) is 23.7. The van der Waals surface area contributed by atoms with Crippen LogP contribution in [-0.4, -0.2) is 35.8 Å². The lowest BCUT2D eigenvalue weighted by atomic mass is 10.1. The van der Waals surface area contributed by atoms with Crippen molar-refractivity contribution in [3.8, 4) is 0 Å². The molecule has 0 fully saturated rings. The standard InChI is InChI=1S/C32H28N6O2.C2H6/c39-31(37-35-20-23-11-13-25-6-1-3-8-27(25)18-23)10-5-17-33-30-16-15-29(22-34-30)32(40)38-36-21-24-12-14-26-7-2-4-9-28(26)19-24;1-2/h1-4,6-9,11-16,18-22H,5,10,17H2,(H,33,34)(H,37,39)(H,38,40);1-2H3/b35-20+,36-21+;. The van der Waals surface area contributed by atoms with Gasteiger partial charge in [0.05, 0.1) is 18.0 Å². The van der Waals surface area contributed by atoms with E-state index in [2.05, 4.69) is 37.4 Å². The number of carbonyl (C=O) groups excluding carboxylic acids is 2. The molecular formula is C34H34N6O2. The van der Waals surface area contributed by atoms with Gasteiger partial charge >= 0.3 is 0 Å². The molecule has 0 atom stereocenters. The van der Waals surface area contributed by atoms with E-state index >= 15 is 0 Å². The second kappa shape index (κ2) is 15.4. The van der Waals surface area contributed by atoms with Crippen LogP contribution in [0.2, 0.25) is 0 Å². The van der Waals surface area contributed by atoms with E-state index in [0.29, 0.717) is 30.8 Å². The summed E-state index contributed by atoms with van der Waals surface area (Å²) >= 11 is 0. The highest BCUT2D eigenvalue weighted by molar-refractivity contribution is 5.95. The fraction of sp³-hybridized carbons (Fsp3) is 0.147. The Morgan fingerprint density at radius 1 is 0.714 bits per heavy atom. The van der Waals surface area contributed by atoms with Gasteiger partial charge in [-0.1, -0.05) is 86.6 Å². The monoisotopic (exact) mass is 558 g/mol. The molecule has 8 nitrogen and oxygen atoms in total. The Hall–Kier alpha value is -5.37. The summed E-state index contributed by atoms with van der Waals surface area (Å²) in [4.78, 5) is 28.7. The number of aromatic nitrogens is 1. The van der Waals surface area contributed by atoms with Gasteiger partial charge in [0, 0.05) is 19.2 Å². The molecule has 0 radical (unpaired) electrons. The van der Waals surface area contributed by atoms with Crippen molar-refractivity contribution >= 4 is 51.6 Å². The topological polar surface area (TPSA) is 108 Å². The summed E-state index contributed by atoms with van der Waals surface area (Å²) in [5.74, 6) is 0.103. The number of hydrogen-bond acceptors (Lipinski definition) is 6. The highest BCUT2D eigenvalue weighted by Crippen LogP contribution is 2.15. The summed E-state index contributed by atoms with van der Waals surface area (Å²) in [6.07, 6.45) is 5.65. The maximum Gasteiger partial charge on any atom is 0.272 e. The molecule has 5 aromatic rings. The Balaban J connectivity index is 0.00000198. The van der Waals surface area contributed by atoms with E-state index in [0.717, 1.165) is 32.7 Å². The molecule has 0 bridgehead atoms. The molecular weight excluding hydrogens is 524 g/mol. The highest BCUT2D eigenvalue weighted by atomic mass is 16.2. The van der Waals surface area contributed by atoms with Crippen LogP contribution >= 0.6 is 0 Å². The van der Waals surface area contributed by atoms with Crippen molar-refractivity contribution in [3.05, 3.63) is 120 Å². The lowest BCUT2D eigenvalue weighted by Crippen LogP contribution is -2.19. The number of hydrazone groups is 2. The van der Waals surface area contributed by atoms with Crippen LogP contribution in [-0.2, 0) is 4.79 Å². The van der Waals surface area contributed by atoms with Crippen molar-refractivity contribution in [2.24, 2.45) is 10.2 Å². The lowest BCUT2D eigenvalue weighted by Gasteiger charge is -2.06. The quantitative estimate of drug-likeness (QED) is 0.103. The Labute approximate surface area is 245 Å².